The molecule has 0 N–H and O–H groups in total. The predicted octanol–water partition coefficient (Wildman–Crippen LogP) is 3.15. The summed E-state index contributed by atoms with van der Waals surface area (Å²) in [5.41, 5.74) is 2.37. The van der Waals surface area contributed by atoms with E-state index >= 15 is 0 Å². The lowest BCUT2D eigenvalue weighted by Gasteiger charge is -2.33. The van der Waals surface area contributed by atoms with Crippen LogP contribution < -0.4 is 4.90 Å². The first-order valence-corrected chi connectivity index (χ1v) is 11.7. The van der Waals surface area contributed by atoms with Crippen LogP contribution in [0.2, 0.25) is 0 Å². The van der Waals surface area contributed by atoms with Gasteiger partial charge in [-0.15, -0.1) is 0 Å². The van der Waals surface area contributed by atoms with Crippen molar-refractivity contribution in [3.63, 3.8) is 0 Å². The van der Waals surface area contributed by atoms with Crippen LogP contribution in [-0.2, 0) is 16.1 Å². The zero-order valence-corrected chi connectivity index (χ0v) is 18.6. The fourth-order valence-electron chi connectivity index (χ4n) is 4.58. The first-order valence-electron chi connectivity index (χ1n) is 11.7. The molecule has 32 heavy (non-hydrogen) atoms. The predicted molar refractivity (Wildman–Crippen MR) is 119 cm³/mol. The van der Waals surface area contributed by atoms with Crippen molar-refractivity contribution in [2.24, 2.45) is 5.92 Å². The summed E-state index contributed by atoms with van der Waals surface area (Å²) in [6, 6.07) is 6.31. The van der Waals surface area contributed by atoms with Gasteiger partial charge >= 0.3 is 0 Å². The van der Waals surface area contributed by atoms with Gasteiger partial charge < -0.3 is 24.0 Å². The van der Waals surface area contributed by atoms with Crippen LogP contribution in [0, 0.1) is 11.7 Å². The third-order valence-corrected chi connectivity index (χ3v) is 6.71. The molecule has 7 nitrogen and oxygen atoms in total. The van der Waals surface area contributed by atoms with E-state index in [4.69, 9.17) is 9.26 Å². The fraction of sp³-hybridized carbons (Fsp3) is 0.583. The smallest absolute Gasteiger partial charge is 0.232 e. The third-order valence-electron chi connectivity index (χ3n) is 6.71. The Morgan fingerprint density at radius 1 is 1.16 bits per heavy atom. The Hall–Kier alpha value is -2.45. The van der Waals surface area contributed by atoms with Crippen molar-refractivity contribution in [3.8, 4) is 11.3 Å². The Labute approximate surface area is 188 Å². The van der Waals surface area contributed by atoms with Gasteiger partial charge in [-0.1, -0.05) is 5.16 Å². The zero-order chi connectivity index (χ0) is 22.1. The molecule has 1 aliphatic carbocycles. The molecule has 1 aromatic heterocycles. The molecule has 1 aromatic carbocycles. The van der Waals surface area contributed by atoms with Crippen molar-refractivity contribution < 1.29 is 18.4 Å². The molecule has 2 aromatic rings. The summed E-state index contributed by atoms with van der Waals surface area (Å²) in [5.74, 6) is 0.745. The molecule has 172 valence electrons. The molecule has 0 spiro atoms. The molecule has 3 heterocycles. The van der Waals surface area contributed by atoms with Crippen LogP contribution >= 0.6 is 0 Å². The van der Waals surface area contributed by atoms with E-state index in [1.165, 1.54) is 12.1 Å². The molecule has 0 bridgehead atoms. The Bertz CT molecular complexity index is 929. The Balaban J connectivity index is 1.47. The van der Waals surface area contributed by atoms with E-state index in [0.717, 1.165) is 75.5 Å². The van der Waals surface area contributed by atoms with Gasteiger partial charge in [0.25, 0.3) is 0 Å². The van der Waals surface area contributed by atoms with E-state index < -0.39 is 0 Å². The van der Waals surface area contributed by atoms with E-state index in [9.17, 15) is 9.18 Å². The molecule has 0 radical (unpaired) electrons. The van der Waals surface area contributed by atoms with Crippen molar-refractivity contribution in [1.29, 1.82) is 0 Å². The highest BCUT2D eigenvalue weighted by Crippen LogP contribution is 2.36. The number of piperazine rings is 1. The number of likely N-dealkylation sites (N-methyl/N-ethyl adjacent to an activating group) is 1. The maximum Gasteiger partial charge on any atom is 0.232 e. The molecule has 1 saturated carbocycles. The number of hydrogen-bond donors (Lipinski definition) is 0. The maximum atomic E-state index is 13.6. The molecular weight excluding hydrogens is 411 g/mol. The lowest BCUT2D eigenvalue weighted by atomic mass is 10.1. The number of carbonyl (C=O) groups excluding carboxylic acids is 1. The minimum atomic E-state index is -0.290. The van der Waals surface area contributed by atoms with Crippen LogP contribution in [-0.4, -0.2) is 73.3 Å². The largest absolute Gasteiger partial charge is 0.376 e. The first kappa shape index (κ1) is 21.4. The maximum absolute atomic E-state index is 13.6. The molecule has 2 aliphatic heterocycles. The number of amides is 1. The van der Waals surface area contributed by atoms with Gasteiger partial charge in [-0.3, -0.25) is 4.79 Å². The summed E-state index contributed by atoms with van der Waals surface area (Å²) >= 11 is 0. The van der Waals surface area contributed by atoms with Crippen LogP contribution in [0.5, 0.6) is 0 Å². The van der Waals surface area contributed by atoms with Crippen molar-refractivity contribution in [1.82, 2.24) is 15.0 Å². The van der Waals surface area contributed by atoms with Gasteiger partial charge in [-0.05, 0) is 57.0 Å². The van der Waals surface area contributed by atoms with E-state index in [1.807, 2.05) is 4.90 Å². The highest BCUT2D eigenvalue weighted by atomic mass is 19.1. The number of carbonyl (C=O) groups is 1. The standard InChI is InChI=1S/C24H31FN4O3/c1-27-10-12-28(13-11-27)24-21(22(26-32-24)17-6-8-19(25)9-7-17)16-29(23(30)18-4-5-18)15-20-3-2-14-31-20/h6-9,18,20H,2-5,10-16H2,1H3. The van der Waals surface area contributed by atoms with Gasteiger partial charge in [0, 0.05) is 50.8 Å². The van der Waals surface area contributed by atoms with Gasteiger partial charge in [-0.25, -0.2) is 4.39 Å². The SMILES string of the molecule is CN1CCN(c2onc(-c3ccc(F)cc3)c2CN(CC2CCCO2)C(=O)C2CC2)CC1. The van der Waals surface area contributed by atoms with Crippen molar-refractivity contribution in [2.75, 3.05) is 51.3 Å². The minimum Gasteiger partial charge on any atom is -0.376 e. The molecule has 3 aliphatic rings. The summed E-state index contributed by atoms with van der Waals surface area (Å²) in [5, 5.41) is 4.39. The topological polar surface area (TPSA) is 62.1 Å². The fourth-order valence-corrected chi connectivity index (χ4v) is 4.58. The number of nitrogens with zero attached hydrogens (tertiary/aromatic N) is 4. The third kappa shape index (κ3) is 4.66. The normalized spacial score (nSPS) is 21.8. The first-order chi connectivity index (χ1) is 15.6. The summed E-state index contributed by atoms with van der Waals surface area (Å²) < 4.78 is 25.3. The zero-order valence-electron chi connectivity index (χ0n) is 18.6. The van der Waals surface area contributed by atoms with Crippen LogP contribution in [0.1, 0.15) is 31.2 Å². The van der Waals surface area contributed by atoms with Gasteiger partial charge in [0.2, 0.25) is 11.8 Å². The van der Waals surface area contributed by atoms with Crippen LogP contribution in [0.25, 0.3) is 11.3 Å². The number of aromatic nitrogens is 1. The second-order valence-corrected chi connectivity index (χ2v) is 9.24. The second kappa shape index (κ2) is 9.19. The average Bonchev–Trinajstić information content (AvgIpc) is 3.37. The Morgan fingerprint density at radius 3 is 2.56 bits per heavy atom. The molecular formula is C24H31FN4O3. The van der Waals surface area contributed by atoms with Crippen molar-refractivity contribution >= 4 is 11.8 Å². The number of ether oxygens (including phenoxy) is 1. The van der Waals surface area contributed by atoms with Gasteiger partial charge in [0.1, 0.15) is 11.5 Å². The summed E-state index contributed by atoms with van der Waals surface area (Å²) in [4.78, 5) is 19.6. The average molecular weight is 443 g/mol. The van der Waals surface area contributed by atoms with Crippen LogP contribution in [0.15, 0.2) is 28.8 Å². The quantitative estimate of drug-likeness (QED) is 0.657. The highest BCUT2D eigenvalue weighted by Gasteiger charge is 2.36. The number of hydrogen-bond acceptors (Lipinski definition) is 6. The Morgan fingerprint density at radius 2 is 1.91 bits per heavy atom. The minimum absolute atomic E-state index is 0.0823. The summed E-state index contributed by atoms with van der Waals surface area (Å²) in [6.07, 6.45) is 4.02. The monoisotopic (exact) mass is 442 g/mol. The number of rotatable bonds is 7. The molecule has 8 heteroatoms. The van der Waals surface area contributed by atoms with E-state index in [0.29, 0.717) is 18.8 Å². The second-order valence-electron chi connectivity index (χ2n) is 9.24. The number of benzene rings is 1. The lowest BCUT2D eigenvalue weighted by Crippen LogP contribution is -2.45. The highest BCUT2D eigenvalue weighted by molar-refractivity contribution is 5.81. The van der Waals surface area contributed by atoms with Gasteiger partial charge in [0.05, 0.1) is 18.2 Å². The number of halogens is 1. The number of anilines is 1. The molecule has 1 amide bonds. The van der Waals surface area contributed by atoms with E-state index in [-0.39, 0.29) is 23.7 Å². The molecule has 5 rings (SSSR count). The van der Waals surface area contributed by atoms with Crippen molar-refractivity contribution in [3.05, 3.63) is 35.6 Å². The van der Waals surface area contributed by atoms with Crippen LogP contribution in [0.4, 0.5) is 10.3 Å². The van der Waals surface area contributed by atoms with Gasteiger partial charge in [0.15, 0.2) is 0 Å². The summed E-state index contributed by atoms with van der Waals surface area (Å²) in [6.45, 7) is 5.32. The Kier molecular flexibility index (Phi) is 6.15. The lowest BCUT2D eigenvalue weighted by molar-refractivity contribution is -0.134. The van der Waals surface area contributed by atoms with Crippen molar-refractivity contribution in [2.45, 2.75) is 38.3 Å². The molecule has 2 saturated heterocycles. The molecule has 1 atom stereocenters. The summed E-state index contributed by atoms with van der Waals surface area (Å²) in [7, 11) is 2.11. The van der Waals surface area contributed by atoms with Crippen LogP contribution in [0.3, 0.4) is 0 Å². The molecule has 1 unspecified atom stereocenters. The van der Waals surface area contributed by atoms with E-state index in [2.05, 4.69) is 22.0 Å². The molecule has 3 fully saturated rings. The van der Waals surface area contributed by atoms with Gasteiger partial charge in [-0.2, -0.15) is 0 Å². The van der Waals surface area contributed by atoms with E-state index in [1.54, 1.807) is 12.1 Å².